The molecule has 0 spiro atoms. The highest BCUT2D eigenvalue weighted by Crippen LogP contribution is 2.24. The predicted molar refractivity (Wildman–Crippen MR) is 95.9 cm³/mol. The Morgan fingerprint density at radius 2 is 2.11 bits per heavy atom. The first-order valence-electron chi connectivity index (χ1n) is 8.61. The molecule has 1 aliphatic carbocycles. The van der Waals surface area contributed by atoms with Gasteiger partial charge in [-0.05, 0) is 13.0 Å². The first kappa shape index (κ1) is 22.5. The standard InChI is InChI=1S/C18H28N2O7/c1-6-8-26-16(23)19-12-9-11(15(22)25-7-2)10-13(21)14(12)20-17(24)27-18(3,4)5/h6,10,12-14,21H,1,7-9H2,2-5H3,(H,19,23)(H,20,24)/p-1/t12-,13+,14+/m1/s1. The first-order chi connectivity index (χ1) is 12.6. The highest BCUT2D eigenvalue weighted by Gasteiger charge is 2.36. The highest BCUT2D eigenvalue weighted by molar-refractivity contribution is 5.89. The molecule has 0 fully saturated rings. The van der Waals surface area contributed by atoms with E-state index in [0.717, 1.165) is 0 Å². The third kappa shape index (κ3) is 7.69. The van der Waals surface area contributed by atoms with Crippen LogP contribution in [-0.4, -0.2) is 60.3 Å². The predicted octanol–water partition coefficient (Wildman–Crippen LogP) is 0.421. The quantitative estimate of drug-likeness (QED) is 0.294. The fourth-order valence-corrected chi connectivity index (χ4v) is 2.38. The van der Waals surface area contributed by atoms with Crippen LogP contribution < -0.4 is 10.4 Å². The van der Waals surface area contributed by atoms with E-state index in [0.29, 0.717) is 0 Å². The molecule has 0 radical (unpaired) electrons. The SMILES string of the molecule is C=CCOC(=O)N[C@@H]1CC(C(=O)OCC)=C[C@H](O)[C@H]1N=C([O-])OC(C)(C)C. The van der Waals surface area contributed by atoms with Gasteiger partial charge in [0.05, 0.1) is 18.8 Å². The van der Waals surface area contributed by atoms with E-state index in [1.807, 2.05) is 0 Å². The fraction of sp³-hybridized carbons (Fsp3) is 0.611. The second-order valence-electron chi connectivity index (χ2n) is 6.85. The van der Waals surface area contributed by atoms with E-state index in [2.05, 4.69) is 16.9 Å². The van der Waals surface area contributed by atoms with E-state index < -0.39 is 41.9 Å². The maximum Gasteiger partial charge on any atom is 0.407 e. The molecule has 1 amide bonds. The van der Waals surface area contributed by atoms with E-state index in [9.17, 15) is 19.8 Å². The van der Waals surface area contributed by atoms with Gasteiger partial charge in [-0.1, -0.05) is 33.4 Å². The molecule has 0 saturated carbocycles. The molecule has 1 rings (SSSR count). The summed E-state index contributed by atoms with van der Waals surface area (Å²) >= 11 is 0. The van der Waals surface area contributed by atoms with Crippen LogP contribution in [0.15, 0.2) is 29.3 Å². The molecule has 2 N–H and O–H groups in total. The number of esters is 1. The third-order valence-corrected chi connectivity index (χ3v) is 3.40. The second-order valence-corrected chi connectivity index (χ2v) is 6.85. The molecule has 9 nitrogen and oxygen atoms in total. The van der Waals surface area contributed by atoms with Crippen LogP contribution in [0.4, 0.5) is 4.79 Å². The minimum Gasteiger partial charge on any atom is -0.595 e. The molecule has 9 heteroatoms. The molecule has 0 aromatic carbocycles. The molecule has 0 aromatic rings. The van der Waals surface area contributed by atoms with Crippen molar-refractivity contribution in [2.45, 2.75) is 57.9 Å². The Bertz CT molecular complexity index is 607. The highest BCUT2D eigenvalue weighted by atomic mass is 16.6. The van der Waals surface area contributed by atoms with Crippen LogP contribution >= 0.6 is 0 Å². The largest absolute Gasteiger partial charge is 0.595 e. The summed E-state index contributed by atoms with van der Waals surface area (Å²) in [6, 6.07) is -1.91. The monoisotopic (exact) mass is 383 g/mol. The Morgan fingerprint density at radius 1 is 1.44 bits per heavy atom. The molecule has 152 valence electrons. The van der Waals surface area contributed by atoms with Crippen LogP contribution in [0, 0.1) is 0 Å². The summed E-state index contributed by atoms with van der Waals surface area (Å²) in [6.45, 7) is 10.3. The van der Waals surface area contributed by atoms with Gasteiger partial charge in [-0.2, -0.15) is 0 Å². The summed E-state index contributed by atoms with van der Waals surface area (Å²) in [5.41, 5.74) is -0.591. The zero-order chi connectivity index (χ0) is 20.6. The van der Waals surface area contributed by atoms with Crippen molar-refractivity contribution in [1.82, 2.24) is 5.32 Å². The lowest BCUT2D eigenvalue weighted by Crippen LogP contribution is -2.51. The topological polar surface area (TPSA) is 130 Å². The summed E-state index contributed by atoms with van der Waals surface area (Å²) < 4.78 is 14.9. The molecule has 0 unspecified atom stereocenters. The van der Waals surface area contributed by atoms with Crippen LogP contribution in [0.2, 0.25) is 0 Å². The average molecular weight is 383 g/mol. The maximum atomic E-state index is 12.0. The van der Waals surface area contributed by atoms with Crippen molar-refractivity contribution in [1.29, 1.82) is 0 Å². The Hall–Kier alpha value is -2.55. The zero-order valence-electron chi connectivity index (χ0n) is 16.1. The average Bonchev–Trinajstić information content (AvgIpc) is 2.54. The molecular formula is C18H27N2O7-. The normalized spacial score (nSPS) is 23.1. The van der Waals surface area contributed by atoms with Gasteiger partial charge in [0.1, 0.15) is 18.7 Å². The molecule has 1 aliphatic rings. The van der Waals surface area contributed by atoms with Crippen LogP contribution in [0.5, 0.6) is 0 Å². The minimum absolute atomic E-state index is 0.00997. The van der Waals surface area contributed by atoms with Crippen molar-refractivity contribution in [2.75, 3.05) is 13.2 Å². The lowest BCUT2D eigenvalue weighted by Gasteiger charge is -2.35. The van der Waals surface area contributed by atoms with Gasteiger partial charge in [0.2, 0.25) is 0 Å². The number of hydrogen-bond acceptors (Lipinski definition) is 8. The molecule has 0 aliphatic heterocycles. The van der Waals surface area contributed by atoms with Crippen molar-refractivity contribution < 1.29 is 34.0 Å². The number of carbonyl (C=O) groups excluding carboxylic acids is 2. The Labute approximate surface area is 158 Å². The summed E-state index contributed by atoms with van der Waals surface area (Å²) in [7, 11) is 0. The van der Waals surface area contributed by atoms with Gasteiger partial charge in [0.15, 0.2) is 0 Å². The number of ether oxygens (including phenoxy) is 3. The van der Waals surface area contributed by atoms with Crippen molar-refractivity contribution in [3.63, 3.8) is 0 Å². The number of aliphatic hydroxyl groups is 1. The molecule has 0 bridgehead atoms. The van der Waals surface area contributed by atoms with Crippen molar-refractivity contribution in [3.05, 3.63) is 24.3 Å². The lowest BCUT2D eigenvalue weighted by atomic mass is 9.88. The van der Waals surface area contributed by atoms with Gasteiger partial charge >= 0.3 is 12.1 Å². The smallest absolute Gasteiger partial charge is 0.407 e. The minimum atomic E-state index is -1.30. The number of aliphatic imine (C=N–C) groups is 1. The van der Waals surface area contributed by atoms with Crippen LogP contribution in [-0.2, 0) is 19.0 Å². The Morgan fingerprint density at radius 3 is 2.67 bits per heavy atom. The number of alkyl carbamates (subject to hydrolysis) is 1. The molecule has 3 atom stereocenters. The van der Waals surface area contributed by atoms with Crippen molar-refractivity contribution >= 4 is 18.1 Å². The summed E-state index contributed by atoms with van der Waals surface area (Å²) in [5, 5.41) is 24.9. The zero-order valence-corrected chi connectivity index (χ0v) is 16.1. The Kier molecular flexibility index (Phi) is 8.30. The number of nitrogens with one attached hydrogen (secondary N) is 1. The number of carbonyl (C=O) groups is 2. The lowest BCUT2D eigenvalue weighted by molar-refractivity contribution is -0.261. The van der Waals surface area contributed by atoms with Gasteiger partial charge in [-0.3, -0.25) is 4.99 Å². The Balaban J connectivity index is 3.06. The van der Waals surface area contributed by atoms with Gasteiger partial charge in [0.25, 0.3) is 0 Å². The molecule has 0 saturated heterocycles. The summed E-state index contributed by atoms with van der Waals surface area (Å²) in [4.78, 5) is 27.7. The van der Waals surface area contributed by atoms with E-state index in [1.165, 1.54) is 12.2 Å². The van der Waals surface area contributed by atoms with Crippen LogP contribution in [0.25, 0.3) is 0 Å². The van der Waals surface area contributed by atoms with Crippen molar-refractivity contribution in [2.24, 2.45) is 4.99 Å². The van der Waals surface area contributed by atoms with Gasteiger partial charge < -0.3 is 29.7 Å². The molecular weight excluding hydrogens is 356 g/mol. The number of aliphatic hydroxyl groups excluding tert-OH is 1. The fourth-order valence-electron chi connectivity index (χ4n) is 2.38. The second kappa shape index (κ2) is 9.96. The van der Waals surface area contributed by atoms with Crippen LogP contribution in [0.3, 0.4) is 0 Å². The number of hydrogen-bond donors (Lipinski definition) is 2. The van der Waals surface area contributed by atoms with Gasteiger partial charge in [-0.25, -0.2) is 9.59 Å². The summed E-state index contributed by atoms with van der Waals surface area (Å²) in [5.74, 6) is -0.612. The van der Waals surface area contributed by atoms with E-state index in [4.69, 9.17) is 14.2 Å². The molecule has 0 heterocycles. The third-order valence-electron chi connectivity index (χ3n) is 3.40. The number of amides is 1. The van der Waals surface area contributed by atoms with Gasteiger partial charge in [0, 0.05) is 17.6 Å². The van der Waals surface area contributed by atoms with Crippen molar-refractivity contribution in [3.8, 4) is 0 Å². The number of nitrogens with zero attached hydrogens (tertiary/aromatic N) is 1. The van der Waals surface area contributed by atoms with Gasteiger partial charge in [-0.15, -0.1) is 0 Å². The number of rotatable bonds is 6. The summed E-state index contributed by atoms with van der Waals surface area (Å²) in [6.07, 6.45) is -0.301. The maximum absolute atomic E-state index is 12.0. The first-order valence-corrected chi connectivity index (χ1v) is 8.61. The van der Waals surface area contributed by atoms with E-state index >= 15 is 0 Å². The van der Waals surface area contributed by atoms with Crippen LogP contribution in [0.1, 0.15) is 34.1 Å². The van der Waals surface area contributed by atoms with E-state index in [-0.39, 0.29) is 25.2 Å². The molecule has 27 heavy (non-hydrogen) atoms. The van der Waals surface area contributed by atoms with E-state index in [1.54, 1.807) is 27.7 Å². The molecule has 0 aromatic heterocycles.